The fourth-order valence-corrected chi connectivity index (χ4v) is 4.73. The molecule has 0 unspecified atom stereocenters. The summed E-state index contributed by atoms with van der Waals surface area (Å²) < 4.78 is 43.7. The average molecular weight is 454 g/mol. The number of hydrogen-bond acceptors (Lipinski definition) is 3. The highest BCUT2D eigenvalue weighted by Crippen LogP contribution is 2.36. The molecule has 2 aromatic rings. The fraction of sp³-hybridized carbons (Fsp3) is 0.522. The van der Waals surface area contributed by atoms with Crippen LogP contribution in [0.15, 0.2) is 30.3 Å². The molecular weight excluding hydrogens is 423 g/mol. The summed E-state index contributed by atoms with van der Waals surface area (Å²) in [6.07, 6.45) is -0.384. The smallest absolute Gasteiger partial charge is 0.344 e. The van der Waals surface area contributed by atoms with E-state index in [0.717, 1.165) is 49.5 Å². The second-order valence-corrected chi connectivity index (χ2v) is 9.91. The van der Waals surface area contributed by atoms with Crippen LogP contribution >= 0.6 is 11.9 Å². The Bertz CT molecular complexity index is 939. The van der Waals surface area contributed by atoms with E-state index in [9.17, 15) is 18.0 Å². The number of halogens is 3. The highest BCUT2D eigenvalue weighted by Gasteiger charge is 2.32. The van der Waals surface area contributed by atoms with Crippen LogP contribution in [0.25, 0.3) is 0 Å². The summed E-state index contributed by atoms with van der Waals surface area (Å²) in [6.45, 7) is 10.2. The van der Waals surface area contributed by atoms with Gasteiger partial charge in [-0.1, -0.05) is 38.8 Å². The number of hydrogen-bond donors (Lipinski definition) is 1. The van der Waals surface area contributed by atoms with Crippen LogP contribution in [0.4, 0.5) is 18.9 Å². The maximum atomic E-state index is 13.1. The summed E-state index contributed by atoms with van der Waals surface area (Å²) in [5.74, 6) is -0.386. The lowest BCUT2D eigenvalue weighted by Gasteiger charge is -2.35. The van der Waals surface area contributed by atoms with Gasteiger partial charge in [-0.25, -0.2) is 0 Å². The van der Waals surface area contributed by atoms with Crippen molar-refractivity contribution in [3.63, 3.8) is 0 Å². The third-order valence-corrected chi connectivity index (χ3v) is 6.68. The molecule has 3 rings (SSSR count). The predicted molar refractivity (Wildman–Crippen MR) is 121 cm³/mol. The third-order valence-electron chi connectivity index (χ3n) is 5.80. The summed E-state index contributed by atoms with van der Waals surface area (Å²) in [4.78, 5) is 13.1. The van der Waals surface area contributed by atoms with E-state index in [4.69, 9.17) is 0 Å². The van der Waals surface area contributed by atoms with Crippen molar-refractivity contribution in [1.82, 2.24) is 8.87 Å². The Morgan fingerprint density at radius 1 is 1.13 bits per heavy atom. The minimum atomic E-state index is -4.45. The van der Waals surface area contributed by atoms with Crippen molar-refractivity contribution in [2.24, 2.45) is 0 Å². The van der Waals surface area contributed by atoms with E-state index in [1.165, 1.54) is 12.1 Å². The van der Waals surface area contributed by atoms with Gasteiger partial charge in [0.15, 0.2) is 0 Å². The number of nitrogens with one attached hydrogen (secondary N) is 1. The van der Waals surface area contributed by atoms with Gasteiger partial charge in [0, 0.05) is 41.6 Å². The molecule has 0 radical (unpaired) electrons. The van der Waals surface area contributed by atoms with E-state index in [2.05, 4.69) is 41.2 Å². The second kappa shape index (κ2) is 8.90. The molecule has 1 saturated heterocycles. The molecule has 0 saturated carbocycles. The number of carbonyl (C=O) groups is 1. The molecule has 1 aliphatic rings. The Morgan fingerprint density at radius 3 is 2.32 bits per heavy atom. The quantitative estimate of drug-likeness (QED) is 0.554. The Hall–Kier alpha value is -1.93. The zero-order valence-corrected chi connectivity index (χ0v) is 19.5. The molecule has 170 valence electrons. The Kier molecular flexibility index (Phi) is 6.81. The first-order chi connectivity index (χ1) is 14.4. The first kappa shape index (κ1) is 23.7. The molecule has 0 spiro atoms. The van der Waals surface area contributed by atoms with E-state index >= 15 is 0 Å². The number of anilines is 1. The highest BCUT2D eigenvalue weighted by atomic mass is 32.2. The molecule has 31 heavy (non-hydrogen) atoms. The van der Waals surface area contributed by atoms with Crippen LogP contribution in [0.1, 0.15) is 67.0 Å². The first-order valence-corrected chi connectivity index (χ1v) is 11.6. The minimum Gasteiger partial charge on any atom is -0.344 e. The molecule has 1 aliphatic heterocycles. The molecule has 8 heteroatoms. The molecule has 1 aromatic heterocycles. The van der Waals surface area contributed by atoms with Crippen LogP contribution < -0.4 is 5.32 Å². The third kappa shape index (κ3) is 5.29. The van der Waals surface area contributed by atoms with Gasteiger partial charge in [0.05, 0.1) is 11.1 Å². The predicted octanol–water partition coefficient (Wildman–Crippen LogP) is 6.28. The molecule has 4 nitrogen and oxygen atoms in total. The van der Waals surface area contributed by atoms with Crippen molar-refractivity contribution in [2.45, 2.75) is 58.2 Å². The van der Waals surface area contributed by atoms with E-state index in [1.54, 1.807) is 11.9 Å². The number of piperidine rings is 1. The van der Waals surface area contributed by atoms with Crippen LogP contribution in [0.3, 0.4) is 0 Å². The van der Waals surface area contributed by atoms with Gasteiger partial charge in [-0.3, -0.25) is 9.10 Å². The van der Waals surface area contributed by atoms with Gasteiger partial charge in [-0.15, -0.1) is 0 Å². The Labute approximate surface area is 186 Å². The maximum absolute atomic E-state index is 13.1. The molecule has 1 amide bonds. The van der Waals surface area contributed by atoms with Crippen molar-refractivity contribution in [3.8, 4) is 0 Å². The summed E-state index contributed by atoms with van der Waals surface area (Å²) in [5, 5.41) is 2.66. The van der Waals surface area contributed by atoms with E-state index < -0.39 is 11.7 Å². The summed E-state index contributed by atoms with van der Waals surface area (Å²) in [6, 6.07) is 6.94. The minimum absolute atomic E-state index is 0.137. The van der Waals surface area contributed by atoms with Gasteiger partial charge in [0.1, 0.15) is 0 Å². The van der Waals surface area contributed by atoms with E-state index in [-0.39, 0.29) is 17.0 Å². The monoisotopic (exact) mass is 453 g/mol. The van der Waals surface area contributed by atoms with Crippen molar-refractivity contribution < 1.29 is 18.0 Å². The largest absolute Gasteiger partial charge is 0.416 e. The molecule has 2 heterocycles. The number of alkyl halides is 3. The number of carbonyl (C=O) groups excluding carboxylic acids is 1. The first-order valence-electron chi connectivity index (χ1n) is 10.4. The molecule has 1 fully saturated rings. The molecule has 1 N–H and O–H groups in total. The number of rotatable bonds is 4. The van der Waals surface area contributed by atoms with Crippen LogP contribution in [-0.2, 0) is 11.6 Å². The molecule has 0 atom stereocenters. The van der Waals surface area contributed by atoms with Gasteiger partial charge in [0.25, 0.3) is 5.91 Å². The van der Waals surface area contributed by atoms with Crippen LogP contribution in [-0.4, -0.2) is 34.1 Å². The Morgan fingerprint density at radius 2 is 1.77 bits per heavy atom. The van der Waals surface area contributed by atoms with Crippen molar-refractivity contribution in [3.05, 3.63) is 52.8 Å². The zero-order chi connectivity index (χ0) is 23.0. The SMILES string of the molecule is CSN1CCC(n2c(C(C)(C)C)cc(C(=O)Nc3cccc(C(F)(F)F)c3)c2C)CC1. The summed E-state index contributed by atoms with van der Waals surface area (Å²) in [5.41, 5.74) is 1.62. The number of amides is 1. The van der Waals surface area contributed by atoms with Gasteiger partial charge in [0.2, 0.25) is 0 Å². The topological polar surface area (TPSA) is 37.3 Å². The normalized spacial score (nSPS) is 16.5. The van der Waals surface area contributed by atoms with E-state index in [1.807, 2.05) is 13.0 Å². The van der Waals surface area contributed by atoms with Gasteiger partial charge in [-0.05, 0) is 50.3 Å². The average Bonchev–Trinajstić information content (AvgIpc) is 3.05. The van der Waals surface area contributed by atoms with Crippen molar-refractivity contribution in [1.29, 1.82) is 0 Å². The van der Waals surface area contributed by atoms with Gasteiger partial charge in [-0.2, -0.15) is 13.2 Å². The Balaban J connectivity index is 1.91. The molecule has 1 aromatic carbocycles. The lowest BCUT2D eigenvalue weighted by atomic mass is 9.91. The molecule has 0 aliphatic carbocycles. The molecular formula is C23H30F3N3OS. The van der Waals surface area contributed by atoms with Crippen molar-refractivity contribution >= 4 is 23.5 Å². The standard InChI is InChI=1S/C23H30F3N3OS/c1-15-19(21(30)27-17-8-6-7-16(13-17)23(24,25)26)14-20(22(2,3)4)29(15)18-9-11-28(31-5)12-10-18/h6-8,13-14,18H,9-12H2,1-5H3,(H,27,30). The van der Waals surface area contributed by atoms with Crippen LogP contribution in [0, 0.1) is 6.92 Å². The molecule has 0 bridgehead atoms. The van der Waals surface area contributed by atoms with E-state index in [0.29, 0.717) is 11.6 Å². The lowest BCUT2D eigenvalue weighted by Crippen LogP contribution is -2.32. The second-order valence-electron chi connectivity index (χ2n) is 9.02. The maximum Gasteiger partial charge on any atom is 0.416 e. The number of aromatic nitrogens is 1. The van der Waals surface area contributed by atoms with Crippen LogP contribution in [0.2, 0.25) is 0 Å². The summed E-state index contributed by atoms with van der Waals surface area (Å²) >= 11 is 1.75. The zero-order valence-electron chi connectivity index (χ0n) is 18.6. The number of benzene rings is 1. The van der Waals surface area contributed by atoms with Crippen LogP contribution in [0.5, 0.6) is 0 Å². The highest BCUT2D eigenvalue weighted by molar-refractivity contribution is 7.96. The fourth-order valence-electron chi connectivity index (χ4n) is 4.15. The summed E-state index contributed by atoms with van der Waals surface area (Å²) in [7, 11) is 0. The van der Waals surface area contributed by atoms with Gasteiger partial charge >= 0.3 is 6.18 Å². The van der Waals surface area contributed by atoms with Gasteiger partial charge < -0.3 is 9.88 Å². The number of nitrogens with zero attached hydrogens (tertiary/aromatic N) is 2. The van der Waals surface area contributed by atoms with Crippen molar-refractivity contribution in [2.75, 3.05) is 24.7 Å². The lowest BCUT2D eigenvalue weighted by molar-refractivity contribution is -0.137.